The van der Waals surface area contributed by atoms with E-state index >= 15 is 0 Å². The van der Waals surface area contributed by atoms with Gasteiger partial charge in [-0.3, -0.25) is 4.79 Å². The van der Waals surface area contributed by atoms with Crippen molar-refractivity contribution in [2.75, 3.05) is 13.3 Å². The van der Waals surface area contributed by atoms with Gasteiger partial charge in [-0.2, -0.15) is 0 Å². The predicted octanol–water partition coefficient (Wildman–Crippen LogP) is -0.729. The smallest absolute Gasteiger partial charge is 0.406 e. The van der Waals surface area contributed by atoms with E-state index in [-0.39, 0.29) is 12.6 Å². The third-order valence-electron chi connectivity index (χ3n) is 1.31. The standard InChI is InChI=1S/C5H8N2O3/c6-5(9)10-3-7-2-1-4(7)8/h1-3H2,(H2,6,9). The fourth-order valence-corrected chi connectivity index (χ4v) is 0.639. The average molecular weight is 144 g/mol. The Morgan fingerprint density at radius 2 is 2.50 bits per heavy atom. The minimum atomic E-state index is -0.847. The summed E-state index contributed by atoms with van der Waals surface area (Å²) in [6.07, 6.45) is -0.304. The Labute approximate surface area is 57.7 Å². The van der Waals surface area contributed by atoms with E-state index in [1.165, 1.54) is 4.90 Å². The van der Waals surface area contributed by atoms with Gasteiger partial charge in [0.1, 0.15) is 0 Å². The molecule has 0 spiro atoms. The van der Waals surface area contributed by atoms with E-state index in [1.54, 1.807) is 0 Å². The molecular formula is C5H8N2O3. The number of ether oxygens (including phenoxy) is 1. The first-order valence-electron chi connectivity index (χ1n) is 2.90. The maximum Gasteiger partial charge on any atom is 0.406 e. The second kappa shape index (κ2) is 2.55. The Hall–Kier alpha value is -1.26. The molecule has 1 aliphatic heterocycles. The van der Waals surface area contributed by atoms with Crippen molar-refractivity contribution in [3.05, 3.63) is 0 Å². The normalized spacial score (nSPS) is 16.4. The van der Waals surface area contributed by atoms with Gasteiger partial charge < -0.3 is 15.4 Å². The van der Waals surface area contributed by atoms with Crippen molar-refractivity contribution in [1.82, 2.24) is 4.90 Å². The molecule has 1 fully saturated rings. The van der Waals surface area contributed by atoms with E-state index < -0.39 is 6.09 Å². The summed E-state index contributed by atoms with van der Waals surface area (Å²) in [7, 11) is 0. The van der Waals surface area contributed by atoms with Gasteiger partial charge in [-0.15, -0.1) is 0 Å². The second-order valence-corrected chi connectivity index (χ2v) is 2.00. The Morgan fingerprint density at radius 3 is 2.80 bits per heavy atom. The molecule has 56 valence electrons. The van der Waals surface area contributed by atoms with Crippen LogP contribution in [0.5, 0.6) is 0 Å². The maximum atomic E-state index is 10.5. The van der Waals surface area contributed by atoms with Crippen molar-refractivity contribution in [2.24, 2.45) is 5.73 Å². The van der Waals surface area contributed by atoms with Crippen molar-refractivity contribution in [3.63, 3.8) is 0 Å². The van der Waals surface area contributed by atoms with E-state index in [0.29, 0.717) is 13.0 Å². The summed E-state index contributed by atoms with van der Waals surface area (Å²) in [5.41, 5.74) is 4.67. The van der Waals surface area contributed by atoms with Crippen LogP contribution in [0.1, 0.15) is 6.42 Å². The summed E-state index contributed by atoms with van der Waals surface area (Å²) in [6.45, 7) is 0.653. The summed E-state index contributed by atoms with van der Waals surface area (Å²) in [6, 6.07) is 0. The number of likely N-dealkylation sites (tertiary alicyclic amines) is 1. The third-order valence-corrected chi connectivity index (χ3v) is 1.31. The van der Waals surface area contributed by atoms with Crippen LogP contribution in [0.25, 0.3) is 0 Å². The Morgan fingerprint density at radius 1 is 1.80 bits per heavy atom. The minimum absolute atomic E-state index is 0.00116. The predicted molar refractivity (Wildman–Crippen MR) is 31.9 cm³/mol. The number of hydrogen-bond acceptors (Lipinski definition) is 3. The molecule has 5 nitrogen and oxygen atoms in total. The van der Waals surface area contributed by atoms with Gasteiger partial charge in [0.2, 0.25) is 5.91 Å². The van der Waals surface area contributed by atoms with E-state index in [1.807, 2.05) is 0 Å². The van der Waals surface area contributed by atoms with E-state index in [2.05, 4.69) is 10.5 Å². The van der Waals surface area contributed by atoms with Crippen molar-refractivity contribution in [3.8, 4) is 0 Å². The van der Waals surface area contributed by atoms with Crippen LogP contribution in [0.2, 0.25) is 0 Å². The highest BCUT2D eigenvalue weighted by molar-refractivity contribution is 5.81. The van der Waals surface area contributed by atoms with Crippen LogP contribution in [0.4, 0.5) is 4.79 Å². The number of amides is 2. The zero-order valence-electron chi connectivity index (χ0n) is 5.37. The van der Waals surface area contributed by atoms with E-state index in [9.17, 15) is 9.59 Å². The second-order valence-electron chi connectivity index (χ2n) is 2.00. The molecule has 1 heterocycles. The molecule has 5 heteroatoms. The highest BCUT2D eigenvalue weighted by Crippen LogP contribution is 2.06. The first-order valence-corrected chi connectivity index (χ1v) is 2.90. The third kappa shape index (κ3) is 1.37. The molecule has 0 bridgehead atoms. The lowest BCUT2D eigenvalue weighted by Gasteiger charge is -2.29. The van der Waals surface area contributed by atoms with E-state index in [4.69, 9.17) is 0 Å². The molecule has 1 rings (SSSR count). The first-order chi connectivity index (χ1) is 4.70. The lowest BCUT2D eigenvalue weighted by molar-refractivity contribution is -0.144. The minimum Gasteiger partial charge on any atom is -0.428 e. The van der Waals surface area contributed by atoms with Gasteiger partial charge in [0.05, 0.1) is 0 Å². The lowest BCUT2D eigenvalue weighted by Crippen LogP contribution is -2.45. The van der Waals surface area contributed by atoms with Crippen LogP contribution in [-0.2, 0) is 9.53 Å². The highest BCUT2D eigenvalue weighted by atomic mass is 16.6. The number of hydrogen-bond donors (Lipinski definition) is 1. The summed E-state index contributed by atoms with van der Waals surface area (Å²) >= 11 is 0. The number of nitrogens with two attached hydrogens (primary N) is 1. The maximum absolute atomic E-state index is 10.5. The van der Waals surface area contributed by atoms with Gasteiger partial charge in [-0.05, 0) is 0 Å². The van der Waals surface area contributed by atoms with Gasteiger partial charge in [-0.1, -0.05) is 0 Å². The number of β-lactam (4-membered cyclic amide) rings is 1. The zero-order chi connectivity index (χ0) is 7.56. The summed E-state index contributed by atoms with van der Waals surface area (Å²) in [5.74, 6) is 0.00116. The van der Waals surface area contributed by atoms with E-state index in [0.717, 1.165) is 0 Å². The molecule has 0 radical (unpaired) electrons. The number of carbonyl (C=O) groups excluding carboxylic acids is 2. The number of rotatable bonds is 2. The van der Waals surface area contributed by atoms with Crippen molar-refractivity contribution in [2.45, 2.75) is 6.42 Å². The molecule has 2 N–H and O–H groups in total. The van der Waals surface area contributed by atoms with Crippen molar-refractivity contribution < 1.29 is 14.3 Å². The van der Waals surface area contributed by atoms with Crippen LogP contribution in [-0.4, -0.2) is 30.2 Å². The molecule has 10 heavy (non-hydrogen) atoms. The van der Waals surface area contributed by atoms with Gasteiger partial charge in [0, 0.05) is 13.0 Å². The number of primary amides is 1. The number of carbonyl (C=O) groups is 2. The first kappa shape index (κ1) is 6.85. The molecule has 0 atom stereocenters. The lowest BCUT2D eigenvalue weighted by atomic mass is 10.2. The summed E-state index contributed by atoms with van der Waals surface area (Å²) < 4.78 is 4.36. The van der Waals surface area contributed by atoms with Gasteiger partial charge in [0.15, 0.2) is 6.73 Å². The zero-order valence-corrected chi connectivity index (χ0v) is 5.37. The molecule has 0 unspecified atom stereocenters. The quantitative estimate of drug-likeness (QED) is 0.519. The largest absolute Gasteiger partial charge is 0.428 e. The van der Waals surface area contributed by atoms with Crippen LogP contribution in [0.15, 0.2) is 0 Å². The fourth-order valence-electron chi connectivity index (χ4n) is 0.639. The Balaban J connectivity index is 2.14. The molecule has 0 saturated carbocycles. The molecular weight excluding hydrogens is 136 g/mol. The van der Waals surface area contributed by atoms with Gasteiger partial charge in [-0.25, -0.2) is 4.79 Å². The molecule has 0 aromatic carbocycles. The van der Waals surface area contributed by atoms with Gasteiger partial charge >= 0.3 is 6.09 Å². The van der Waals surface area contributed by atoms with Crippen molar-refractivity contribution >= 4 is 12.0 Å². The van der Waals surface area contributed by atoms with Crippen LogP contribution < -0.4 is 5.73 Å². The molecule has 0 aromatic heterocycles. The molecule has 2 amide bonds. The highest BCUT2D eigenvalue weighted by Gasteiger charge is 2.23. The average Bonchev–Trinajstić information content (AvgIpc) is 1.84. The van der Waals surface area contributed by atoms with Crippen LogP contribution in [0.3, 0.4) is 0 Å². The molecule has 1 saturated heterocycles. The molecule has 0 aromatic rings. The van der Waals surface area contributed by atoms with Crippen LogP contribution in [0, 0.1) is 0 Å². The Bertz CT molecular complexity index is 168. The fraction of sp³-hybridized carbons (Fsp3) is 0.600. The van der Waals surface area contributed by atoms with Crippen molar-refractivity contribution in [1.29, 1.82) is 0 Å². The summed E-state index contributed by atoms with van der Waals surface area (Å²) in [4.78, 5) is 22.0. The van der Waals surface area contributed by atoms with Crippen LogP contribution >= 0.6 is 0 Å². The topological polar surface area (TPSA) is 72.6 Å². The SMILES string of the molecule is NC(=O)OCN1CCC1=O. The summed E-state index contributed by atoms with van der Waals surface area (Å²) in [5, 5.41) is 0. The monoisotopic (exact) mass is 144 g/mol. The Kier molecular flexibility index (Phi) is 1.75. The molecule has 0 aliphatic carbocycles. The van der Waals surface area contributed by atoms with Gasteiger partial charge in [0.25, 0.3) is 0 Å². The number of nitrogens with zero attached hydrogens (tertiary/aromatic N) is 1. The molecule has 1 aliphatic rings.